The lowest BCUT2D eigenvalue weighted by molar-refractivity contribution is 0.417. The largest absolute Gasteiger partial charge is 0.495 e. The monoisotopic (exact) mass is 413 g/mol. The van der Waals surface area contributed by atoms with Crippen LogP contribution in [0.15, 0.2) is 66.9 Å². The third-order valence-electron chi connectivity index (χ3n) is 5.35. The molecule has 0 aliphatic rings. The number of aromatic nitrogens is 3. The van der Waals surface area contributed by atoms with Crippen molar-refractivity contribution in [2.75, 3.05) is 18.6 Å². The number of nitrogens with two attached hydrogens (primary N) is 2. The van der Waals surface area contributed by atoms with Crippen LogP contribution in [0.2, 0.25) is 0 Å². The minimum absolute atomic E-state index is 0.235. The SMILES string of the molecule is COc1cc2nc(-c3ccc4c(ccn4Cc4cccc(F)c4)c3)nc(N)c2cc1N. The maximum Gasteiger partial charge on any atom is 0.162 e. The maximum absolute atomic E-state index is 13.5. The molecule has 2 heterocycles. The second-order valence-electron chi connectivity index (χ2n) is 7.39. The van der Waals surface area contributed by atoms with Crippen molar-refractivity contribution >= 4 is 33.3 Å². The third kappa shape index (κ3) is 3.40. The number of hydrogen-bond acceptors (Lipinski definition) is 5. The summed E-state index contributed by atoms with van der Waals surface area (Å²) in [5, 5.41) is 1.72. The van der Waals surface area contributed by atoms with E-state index in [1.807, 2.05) is 36.5 Å². The van der Waals surface area contributed by atoms with Crippen molar-refractivity contribution in [1.29, 1.82) is 0 Å². The van der Waals surface area contributed by atoms with Gasteiger partial charge in [0.15, 0.2) is 5.82 Å². The van der Waals surface area contributed by atoms with Crippen molar-refractivity contribution in [2.45, 2.75) is 6.54 Å². The molecule has 0 aliphatic carbocycles. The van der Waals surface area contributed by atoms with Gasteiger partial charge in [0.05, 0.1) is 18.3 Å². The molecule has 0 aliphatic heterocycles. The molecule has 0 unspecified atom stereocenters. The molecule has 31 heavy (non-hydrogen) atoms. The lowest BCUT2D eigenvalue weighted by atomic mass is 10.1. The van der Waals surface area contributed by atoms with E-state index in [9.17, 15) is 4.39 Å². The fourth-order valence-electron chi connectivity index (χ4n) is 3.81. The van der Waals surface area contributed by atoms with Crippen LogP contribution in [0.25, 0.3) is 33.2 Å². The van der Waals surface area contributed by atoms with Gasteiger partial charge in [-0.2, -0.15) is 0 Å². The Labute approximate surface area is 177 Å². The molecule has 0 fully saturated rings. The van der Waals surface area contributed by atoms with Crippen LogP contribution in [-0.4, -0.2) is 21.6 Å². The highest BCUT2D eigenvalue weighted by Crippen LogP contribution is 2.32. The van der Waals surface area contributed by atoms with Gasteiger partial charge in [0, 0.05) is 40.7 Å². The standard InChI is InChI=1S/C24H20FN5O/c1-31-22-12-20-18(11-19(22)26)23(27)29-24(28-20)16-5-6-21-15(10-16)7-8-30(21)13-14-3-2-4-17(25)9-14/h2-12H,13,26H2,1H3,(H2,27,28,29). The summed E-state index contributed by atoms with van der Waals surface area (Å²) in [5.74, 6) is 1.19. The Hall–Kier alpha value is -4.13. The van der Waals surface area contributed by atoms with Gasteiger partial charge in [-0.05, 0) is 48.0 Å². The first-order chi connectivity index (χ1) is 15.0. The van der Waals surface area contributed by atoms with Crippen molar-refractivity contribution < 1.29 is 9.13 Å². The van der Waals surface area contributed by atoms with Crippen molar-refractivity contribution in [3.05, 3.63) is 78.2 Å². The zero-order valence-electron chi connectivity index (χ0n) is 16.8. The van der Waals surface area contributed by atoms with Gasteiger partial charge in [-0.15, -0.1) is 0 Å². The van der Waals surface area contributed by atoms with Crippen molar-refractivity contribution in [1.82, 2.24) is 14.5 Å². The Bertz CT molecular complexity index is 1440. The molecule has 6 nitrogen and oxygen atoms in total. The van der Waals surface area contributed by atoms with Crippen molar-refractivity contribution in [2.24, 2.45) is 0 Å². The summed E-state index contributed by atoms with van der Waals surface area (Å²) in [6.07, 6.45) is 1.99. The highest BCUT2D eigenvalue weighted by molar-refractivity contribution is 5.94. The molecule has 4 N–H and O–H groups in total. The van der Waals surface area contributed by atoms with Gasteiger partial charge in [0.1, 0.15) is 17.4 Å². The number of hydrogen-bond donors (Lipinski definition) is 2. The lowest BCUT2D eigenvalue weighted by Crippen LogP contribution is -2.00. The maximum atomic E-state index is 13.5. The molecule has 0 spiro atoms. The Morgan fingerprint density at radius 3 is 2.68 bits per heavy atom. The Kier molecular flexibility index (Phi) is 4.43. The molecule has 5 aromatic rings. The van der Waals surface area contributed by atoms with E-state index in [1.165, 1.54) is 6.07 Å². The molecule has 0 radical (unpaired) electrons. The number of methoxy groups -OCH3 is 1. The van der Waals surface area contributed by atoms with E-state index in [0.29, 0.717) is 40.5 Å². The quantitative estimate of drug-likeness (QED) is 0.420. The first kappa shape index (κ1) is 18.9. The molecule has 2 aromatic heterocycles. The van der Waals surface area contributed by atoms with Crippen molar-refractivity contribution in [3.63, 3.8) is 0 Å². The predicted octanol–water partition coefficient (Wildman–Crippen LogP) is 4.61. The van der Waals surface area contributed by atoms with E-state index in [-0.39, 0.29) is 5.82 Å². The summed E-state index contributed by atoms with van der Waals surface area (Å²) < 4.78 is 20.9. The predicted molar refractivity (Wildman–Crippen MR) is 121 cm³/mol. The topological polar surface area (TPSA) is 92.0 Å². The highest BCUT2D eigenvalue weighted by Gasteiger charge is 2.12. The van der Waals surface area contributed by atoms with Gasteiger partial charge in [0.25, 0.3) is 0 Å². The van der Waals surface area contributed by atoms with Crippen LogP contribution in [0.4, 0.5) is 15.9 Å². The number of nitrogen functional groups attached to an aromatic ring is 2. The average molecular weight is 413 g/mol. The first-order valence-corrected chi connectivity index (χ1v) is 9.76. The molecular weight excluding hydrogens is 393 g/mol. The minimum Gasteiger partial charge on any atom is -0.495 e. The second kappa shape index (κ2) is 7.28. The van der Waals surface area contributed by atoms with Crippen LogP contribution in [0.5, 0.6) is 5.75 Å². The van der Waals surface area contributed by atoms with E-state index in [2.05, 4.69) is 14.5 Å². The molecule has 0 saturated carbocycles. The van der Waals surface area contributed by atoms with E-state index < -0.39 is 0 Å². The number of nitrogens with zero attached hydrogens (tertiary/aromatic N) is 3. The number of benzene rings is 3. The summed E-state index contributed by atoms with van der Waals surface area (Å²) in [5.41, 5.74) is 16.1. The van der Waals surface area contributed by atoms with E-state index in [1.54, 1.807) is 31.4 Å². The van der Waals surface area contributed by atoms with Crippen LogP contribution in [-0.2, 0) is 6.54 Å². The third-order valence-corrected chi connectivity index (χ3v) is 5.35. The molecule has 7 heteroatoms. The van der Waals surface area contributed by atoms with Crippen LogP contribution in [0.1, 0.15) is 5.56 Å². The van der Waals surface area contributed by atoms with Crippen LogP contribution < -0.4 is 16.2 Å². The van der Waals surface area contributed by atoms with Gasteiger partial charge in [-0.1, -0.05) is 12.1 Å². The molecule has 0 bridgehead atoms. The highest BCUT2D eigenvalue weighted by atomic mass is 19.1. The molecule has 5 rings (SSSR count). The Morgan fingerprint density at radius 2 is 1.87 bits per heavy atom. The lowest BCUT2D eigenvalue weighted by Gasteiger charge is -2.10. The Balaban J connectivity index is 1.55. The normalized spacial score (nSPS) is 11.3. The van der Waals surface area contributed by atoms with Crippen molar-refractivity contribution in [3.8, 4) is 17.1 Å². The summed E-state index contributed by atoms with van der Waals surface area (Å²) in [7, 11) is 1.56. The number of halogens is 1. The van der Waals surface area contributed by atoms with Crippen LogP contribution in [0, 0.1) is 5.82 Å². The minimum atomic E-state index is -0.235. The van der Waals surface area contributed by atoms with Gasteiger partial charge in [-0.25, -0.2) is 14.4 Å². The van der Waals surface area contributed by atoms with E-state index >= 15 is 0 Å². The van der Waals surface area contributed by atoms with Crippen LogP contribution >= 0.6 is 0 Å². The number of rotatable bonds is 4. The Morgan fingerprint density at radius 1 is 1.00 bits per heavy atom. The fraction of sp³-hybridized carbons (Fsp3) is 0.0833. The summed E-state index contributed by atoms with van der Waals surface area (Å²) in [6.45, 7) is 0.585. The number of anilines is 2. The average Bonchev–Trinajstić information content (AvgIpc) is 3.15. The first-order valence-electron chi connectivity index (χ1n) is 9.76. The van der Waals surface area contributed by atoms with Gasteiger partial charge < -0.3 is 20.8 Å². The fourth-order valence-corrected chi connectivity index (χ4v) is 3.81. The van der Waals surface area contributed by atoms with Crippen LogP contribution in [0.3, 0.4) is 0 Å². The van der Waals surface area contributed by atoms with E-state index in [4.69, 9.17) is 16.2 Å². The van der Waals surface area contributed by atoms with E-state index in [0.717, 1.165) is 22.0 Å². The summed E-state index contributed by atoms with van der Waals surface area (Å²) in [4.78, 5) is 9.15. The molecule has 0 saturated heterocycles. The zero-order chi connectivity index (χ0) is 21.5. The van der Waals surface area contributed by atoms with Gasteiger partial charge in [0.2, 0.25) is 0 Å². The second-order valence-corrected chi connectivity index (χ2v) is 7.39. The number of ether oxygens (including phenoxy) is 1. The number of fused-ring (bicyclic) bond motifs is 2. The zero-order valence-corrected chi connectivity index (χ0v) is 16.8. The molecule has 0 amide bonds. The molecule has 154 valence electrons. The smallest absolute Gasteiger partial charge is 0.162 e. The van der Waals surface area contributed by atoms with Gasteiger partial charge >= 0.3 is 0 Å². The molecule has 0 atom stereocenters. The molecule has 3 aromatic carbocycles. The summed E-state index contributed by atoms with van der Waals surface area (Å²) in [6, 6.07) is 18.1. The molecular formula is C24H20FN5O. The summed E-state index contributed by atoms with van der Waals surface area (Å²) >= 11 is 0. The van der Waals surface area contributed by atoms with Gasteiger partial charge in [-0.3, -0.25) is 0 Å².